The summed E-state index contributed by atoms with van der Waals surface area (Å²) in [6.45, 7) is 7.65. The molecule has 1 aromatic carbocycles. The normalized spacial score (nSPS) is 12.5. The highest BCUT2D eigenvalue weighted by molar-refractivity contribution is 14.0. The fraction of sp³-hybridized carbons (Fsp3) is 0.444. The van der Waals surface area contributed by atoms with Gasteiger partial charge in [-0.25, -0.2) is 13.8 Å². The van der Waals surface area contributed by atoms with Crippen molar-refractivity contribution in [1.29, 1.82) is 0 Å². The molecule has 2 rings (SSSR count). The van der Waals surface area contributed by atoms with Gasteiger partial charge in [-0.3, -0.25) is 4.99 Å². The number of nitrogens with one attached hydrogen (secondary N) is 1. The second-order valence-electron chi connectivity index (χ2n) is 5.98. The van der Waals surface area contributed by atoms with Gasteiger partial charge in [-0.2, -0.15) is 0 Å². The van der Waals surface area contributed by atoms with Crippen molar-refractivity contribution in [3.63, 3.8) is 0 Å². The Balaban J connectivity index is 0.00000338. The van der Waals surface area contributed by atoms with Crippen LogP contribution in [0, 0.1) is 18.6 Å². The second kappa shape index (κ2) is 10.8. The maximum Gasteiger partial charge on any atom is 0.194 e. The fourth-order valence-corrected chi connectivity index (χ4v) is 3.10. The predicted molar refractivity (Wildman–Crippen MR) is 114 cm³/mol. The summed E-state index contributed by atoms with van der Waals surface area (Å²) < 4.78 is 27.0. The lowest BCUT2D eigenvalue weighted by atomic mass is 10.0. The van der Waals surface area contributed by atoms with E-state index in [-0.39, 0.29) is 29.9 Å². The minimum atomic E-state index is -0.566. The van der Waals surface area contributed by atoms with E-state index in [1.807, 2.05) is 38.1 Å². The molecule has 1 aromatic heterocycles. The van der Waals surface area contributed by atoms with Crippen LogP contribution in [0.4, 0.5) is 8.78 Å². The zero-order valence-corrected chi connectivity index (χ0v) is 18.6. The molecule has 0 radical (unpaired) electrons. The van der Waals surface area contributed by atoms with Crippen LogP contribution in [-0.4, -0.2) is 36.0 Å². The topological polar surface area (TPSA) is 40.5 Å². The largest absolute Gasteiger partial charge is 0.357 e. The monoisotopic (exact) mass is 494 g/mol. The van der Waals surface area contributed by atoms with Crippen LogP contribution < -0.4 is 5.32 Å². The van der Waals surface area contributed by atoms with Crippen LogP contribution in [0.5, 0.6) is 0 Å². The number of benzene rings is 1. The number of halogens is 3. The highest BCUT2D eigenvalue weighted by Crippen LogP contribution is 2.20. The molecule has 0 aliphatic rings. The van der Waals surface area contributed by atoms with E-state index in [9.17, 15) is 8.78 Å². The van der Waals surface area contributed by atoms with Crippen LogP contribution in [-0.2, 0) is 6.54 Å². The van der Waals surface area contributed by atoms with Crippen LogP contribution >= 0.6 is 35.3 Å². The van der Waals surface area contributed by atoms with E-state index in [1.54, 1.807) is 11.3 Å². The number of thiazole rings is 1. The molecule has 4 nitrogen and oxygen atoms in total. The first kappa shape index (κ1) is 22.8. The Hall–Kier alpha value is -1.29. The van der Waals surface area contributed by atoms with Gasteiger partial charge in [0, 0.05) is 37.5 Å². The van der Waals surface area contributed by atoms with Crippen LogP contribution in [0.2, 0.25) is 0 Å². The van der Waals surface area contributed by atoms with Crippen LogP contribution in [0.25, 0.3) is 0 Å². The molecule has 0 bridgehead atoms. The SMILES string of the molecule is CCNC(=NCC(C)c1ccc(F)cc1F)N(C)Cc1csc(C)n1.I. The molecule has 1 unspecified atom stereocenters. The number of aryl methyl sites for hydroxylation is 1. The Morgan fingerprint density at radius 2 is 2.12 bits per heavy atom. The van der Waals surface area contributed by atoms with E-state index < -0.39 is 11.6 Å². The van der Waals surface area contributed by atoms with E-state index in [1.165, 1.54) is 12.1 Å². The van der Waals surface area contributed by atoms with Gasteiger partial charge in [-0.05, 0) is 25.5 Å². The molecule has 1 N–H and O–H groups in total. The van der Waals surface area contributed by atoms with Crippen molar-refractivity contribution in [2.45, 2.75) is 33.2 Å². The van der Waals surface area contributed by atoms with E-state index in [4.69, 9.17) is 0 Å². The molecule has 0 saturated carbocycles. The number of hydrogen-bond donors (Lipinski definition) is 1. The van der Waals surface area contributed by atoms with Crippen molar-refractivity contribution in [3.8, 4) is 0 Å². The second-order valence-corrected chi connectivity index (χ2v) is 7.04. The van der Waals surface area contributed by atoms with Crippen molar-refractivity contribution >= 4 is 41.3 Å². The fourth-order valence-electron chi connectivity index (χ4n) is 2.49. The first-order chi connectivity index (χ1) is 11.9. The van der Waals surface area contributed by atoms with Gasteiger partial charge in [0.2, 0.25) is 0 Å². The quantitative estimate of drug-likeness (QED) is 0.364. The van der Waals surface area contributed by atoms with Crippen molar-refractivity contribution in [2.75, 3.05) is 20.1 Å². The zero-order chi connectivity index (χ0) is 18.4. The van der Waals surface area contributed by atoms with Gasteiger partial charge in [0.1, 0.15) is 11.6 Å². The number of rotatable bonds is 6. The molecule has 0 fully saturated rings. The van der Waals surface area contributed by atoms with E-state index in [0.29, 0.717) is 18.7 Å². The molecule has 8 heteroatoms. The molecular weight excluding hydrogens is 469 g/mol. The minimum Gasteiger partial charge on any atom is -0.357 e. The van der Waals surface area contributed by atoms with Gasteiger partial charge in [-0.15, -0.1) is 35.3 Å². The van der Waals surface area contributed by atoms with Gasteiger partial charge in [0.15, 0.2) is 5.96 Å². The third-order valence-electron chi connectivity index (χ3n) is 3.77. The summed E-state index contributed by atoms with van der Waals surface area (Å²) in [4.78, 5) is 11.1. The molecule has 0 amide bonds. The maximum absolute atomic E-state index is 13.9. The molecule has 144 valence electrons. The summed E-state index contributed by atoms with van der Waals surface area (Å²) in [5.74, 6) is -0.505. The summed E-state index contributed by atoms with van der Waals surface area (Å²) >= 11 is 1.62. The van der Waals surface area contributed by atoms with Crippen molar-refractivity contribution < 1.29 is 8.78 Å². The van der Waals surface area contributed by atoms with E-state index in [0.717, 1.165) is 29.3 Å². The lowest BCUT2D eigenvalue weighted by Crippen LogP contribution is -2.38. The van der Waals surface area contributed by atoms with Crippen LogP contribution in [0.3, 0.4) is 0 Å². The minimum absolute atomic E-state index is 0. The van der Waals surface area contributed by atoms with Crippen molar-refractivity contribution in [3.05, 3.63) is 51.5 Å². The van der Waals surface area contributed by atoms with Gasteiger partial charge < -0.3 is 10.2 Å². The molecule has 2 aromatic rings. The average Bonchev–Trinajstić information content (AvgIpc) is 2.96. The Bertz CT molecular complexity index is 736. The summed E-state index contributed by atoms with van der Waals surface area (Å²) in [6.07, 6.45) is 0. The lowest BCUT2D eigenvalue weighted by molar-refractivity contribution is 0.469. The highest BCUT2D eigenvalue weighted by Gasteiger charge is 2.13. The first-order valence-electron chi connectivity index (χ1n) is 8.26. The molecule has 0 spiro atoms. The summed E-state index contributed by atoms with van der Waals surface area (Å²) in [7, 11) is 1.94. The number of hydrogen-bond acceptors (Lipinski definition) is 3. The smallest absolute Gasteiger partial charge is 0.194 e. The standard InChI is InChI=1S/C18H24F2N4S.HI/c1-5-21-18(24(4)10-15-11-25-13(3)23-15)22-9-12(2)16-7-6-14(19)8-17(16)20;/h6-8,11-12H,5,9-10H2,1-4H3,(H,21,22);1H. The van der Waals surface area contributed by atoms with Gasteiger partial charge in [0.25, 0.3) is 0 Å². The highest BCUT2D eigenvalue weighted by atomic mass is 127. The predicted octanol–water partition coefficient (Wildman–Crippen LogP) is 4.55. The number of aromatic nitrogens is 1. The van der Waals surface area contributed by atoms with Gasteiger partial charge >= 0.3 is 0 Å². The van der Waals surface area contributed by atoms with E-state index in [2.05, 4.69) is 15.3 Å². The van der Waals surface area contributed by atoms with E-state index >= 15 is 0 Å². The van der Waals surface area contributed by atoms with Gasteiger partial charge in [-0.1, -0.05) is 13.0 Å². The third-order valence-corrected chi connectivity index (χ3v) is 4.59. The van der Waals surface area contributed by atoms with Crippen LogP contribution in [0.1, 0.15) is 36.0 Å². The molecule has 1 atom stereocenters. The molecule has 0 aliphatic carbocycles. The lowest BCUT2D eigenvalue weighted by Gasteiger charge is -2.22. The third kappa shape index (κ3) is 6.46. The molecule has 26 heavy (non-hydrogen) atoms. The van der Waals surface area contributed by atoms with Crippen molar-refractivity contribution in [2.24, 2.45) is 4.99 Å². The molecule has 1 heterocycles. The summed E-state index contributed by atoms with van der Waals surface area (Å²) in [5.41, 5.74) is 1.46. The number of aliphatic imine (C=N–C) groups is 1. The van der Waals surface area contributed by atoms with Gasteiger partial charge in [0.05, 0.1) is 17.2 Å². The number of nitrogens with zero attached hydrogens (tertiary/aromatic N) is 3. The summed E-state index contributed by atoms with van der Waals surface area (Å²) in [6, 6.07) is 3.68. The molecular formula is C18H25F2IN4S. The Morgan fingerprint density at radius 3 is 2.69 bits per heavy atom. The number of guanidine groups is 1. The zero-order valence-electron chi connectivity index (χ0n) is 15.4. The van der Waals surface area contributed by atoms with Crippen LogP contribution in [0.15, 0.2) is 28.6 Å². The average molecular weight is 494 g/mol. The molecule has 0 aliphatic heterocycles. The first-order valence-corrected chi connectivity index (χ1v) is 9.14. The Labute approximate surface area is 174 Å². The molecule has 0 saturated heterocycles. The Morgan fingerprint density at radius 1 is 1.38 bits per heavy atom. The Kier molecular flexibility index (Phi) is 9.42. The summed E-state index contributed by atoms with van der Waals surface area (Å²) in [5, 5.41) is 6.30. The maximum atomic E-state index is 13.9. The van der Waals surface area contributed by atoms with Crippen molar-refractivity contribution in [1.82, 2.24) is 15.2 Å².